The summed E-state index contributed by atoms with van der Waals surface area (Å²) in [5.41, 5.74) is 2.41. The topological polar surface area (TPSA) is 99.4 Å². The van der Waals surface area contributed by atoms with Gasteiger partial charge < -0.3 is 15.2 Å². The van der Waals surface area contributed by atoms with E-state index in [9.17, 15) is 9.59 Å². The Morgan fingerprint density at radius 3 is 2.25 bits per heavy atom. The summed E-state index contributed by atoms with van der Waals surface area (Å²) in [6.45, 7) is -0.509. The molecule has 24 heavy (non-hydrogen) atoms. The van der Waals surface area contributed by atoms with E-state index in [1.807, 2.05) is 6.07 Å². The highest BCUT2D eigenvalue weighted by Crippen LogP contribution is 2.10. The van der Waals surface area contributed by atoms with Crippen LogP contribution in [0.15, 0.2) is 48.5 Å². The van der Waals surface area contributed by atoms with Crippen LogP contribution >= 0.6 is 0 Å². The van der Waals surface area contributed by atoms with Gasteiger partial charge >= 0.3 is 5.97 Å². The number of benzene rings is 2. The number of esters is 1. The molecule has 2 rings (SSSR count). The number of nitrogens with one attached hydrogen (secondary N) is 1. The minimum atomic E-state index is -0.612. The van der Waals surface area contributed by atoms with E-state index in [-0.39, 0.29) is 6.61 Å². The Morgan fingerprint density at radius 1 is 1.04 bits per heavy atom. The van der Waals surface area contributed by atoms with E-state index < -0.39 is 18.5 Å². The van der Waals surface area contributed by atoms with Crippen molar-refractivity contribution >= 4 is 17.6 Å². The van der Waals surface area contributed by atoms with Crippen molar-refractivity contribution in [3.63, 3.8) is 0 Å². The zero-order chi connectivity index (χ0) is 17.4. The third-order valence-corrected chi connectivity index (χ3v) is 3.23. The van der Waals surface area contributed by atoms with Crippen LogP contribution in [0.1, 0.15) is 21.5 Å². The average molecular weight is 324 g/mol. The van der Waals surface area contributed by atoms with Crippen LogP contribution in [0.5, 0.6) is 0 Å². The van der Waals surface area contributed by atoms with Gasteiger partial charge in [0.25, 0.3) is 5.91 Å². The molecule has 0 saturated carbocycles. The van der Waals surface area contributed by atoms with Crippen molar-refractivity contribution in [2.45, 2.75) is 13.0 Å². The Bertz CT molecular complexity index is 746. The lowest BCUT2D eigenvalue weighted by Crippen LogP contribution is -2.20. The van der Waals surface area contributed by atoms with Gasteiger partial charge in [-0.2, -0.15) is 5.26 Å². The molecule has 0 fully saturated rings. The fraction of sp³-hybridized carbons (Fsp3) is 0.167. The largest absolute Gasteiger partial charge is 0.452 e. The molecule has 0 heterocycles. The number of nitrogens with zero attached hydrogens (tertiary/aromatic N) is 1. The number of amides is 1. The number of hydrogen-bond acceptors (Lipinski definition) is 5. The molecule has 0 radical (unpaired) electrons. The Kier molecular flexibility index (Phi) is 6.06. The predicted octanol–water partition coefficient (Wildman–Crippen LogP) is 2.04. The maximum absolute atomic E-state index is 11.8. The smallest absolute Gasteiger partial charge is 0.338 e. The molecule has 0 spiro atoms. The highest BCUT2D eigenvalue weighted by molar-refractivity contribution is 5.95. The highest BCUT2D eigenvalue weighted by Gasteiger charge is 2.10. The van der Waals surface area contributed by atoms with Crippen molar-refractivity contribution in [3.8, 4) is 6.07 Å². The highest BCUT2D eigenvalue weighted by atomic mass is 16.5. The first-order valence-corrected chi connectivity index (χ1v) is 7.25. The fourth-order valence-corrected chi connectivity index (χ4v) is 1.95. The first-order chi connectivity index (χ1) is 11.6. The summed E-state index contributed by atoms with van der Waals surface area (Å²) in [7, 11) is 0. The van der Waals surface area contributed by atoms with E-state index >= 15 is 0 Å². The Hall–Kier alpha value is -3.17. The number of aliphatic hydroxyl groups excluding tert-OH is 1. The third-order valence-electron chi connectivity index (χ3n) is 3.23. The SMILES string of the molecule is N#CCc1ccc(NC(=O)COC(=O)c2ccc(CO)cc2)cc1. The summed E-state index contributed by atoms with van der Waals surface area (Å²) in [4.78, 5) is 23.6. The first-order valence-electron chi connectivity index (χ1n) is 7.25. The van der Waals surface area contributed by atoms with Crippen molar-refractivity contribution in [3.05, 3.63) is 65.2 Å². The van der Waals surface area contributed by atoms with Gasteiger partial charge in [0.05, 0.1) is 24.7 Å². The number of carbonyl (C=O) groups is 2. The molecular weight excluding hydrogens is 308 g/mol. The van der Waals surface area contributed by atoms with Crippen LogP contribution in [0.3, 0.4) is 0 Å². The van der Waals surface area contributed by atoms with Crippen molar-refractivity contribution in [2.24, 2.45) is 0 Å². The molecule has 0 unspecified atom stereocenters. The molecule has 6 heteroatoms. The van der Waals surface area contributed by atoms with Crippen molar-refractivity contribution in [1.29, 1.82) is 5.26 Å². The number of carbonyl (C=O) groups excluding carboxylic acids is 2. The minimum absolute atomic E-state index is 0.106. The molecule has 0 saturated heterocycles. The number of aliphatic hydroxyl groups is 1. The van der Waals surface area contributed by atoms with Crippen LogP contribution < -0.4 is 5.32 Å². The summed E-state index contributed by atoms with van der Waals surface area (Å²) >= 11 is 0. The maximum Gasteiger partial charge on any atom is 0.338 e. The van der Waals surface area contributed by atoms with Gasteiger partial charge in [0.1, 0.15) is 0 Å². The molecule has 0 bridgehead atoms. The van der Waals surface area contributed by atoms with Crippen LogP contribution in [0.25, 0.3) is 0 Å². The normalized spacial score (nSPS) is 9.83. The first kappa shape index (κ1) is 17.2. The van der Waals surface area contributed by atoms with Crippen LogP contribution in [0.4, 0.5) is 5.69 Å². The lowest BCUT2D eigenvalue weighted by Gasteiger charge is -2.07. The van der Waals surface area contributed by atoms with Gasteiger partial charge in [-0.25, -0.2) is 4.79 Å². The van der Waals surface area contributed by atoms with Gasteiger partial charge in [0.2, 0.25) is 0 Å². The molecule has 122 valence electrons. The van der Waals surface area contributed by atoms with Crippen LogP contribution in [0.2, 0.25) is 0 Å². The van der Waals surface area contributed by atoms with E-state index in [2.05, 4.69) is 5.32 Å². The van der Waals surface area contributed by atoms with Crippen molar-refractivity contribution < 1.29 is 19.4 Å². The standard InChI is InChI=1S/C18H16N2O4/c19-10-9-13-3-7-16(8-4-13)20-17(22)12-24-18(23)15-5-1-14(11-21)2-6-15/h1-8,21H,9,11-12H2,(H,20,22). The predicted molar refractivity (Wildman–Crippen MR) is 87.0 cm³/mol. The average Bonchev–Trinajstić information content (AvgIpc) is 2.61. The van der Waals surface area contributed by atoms with Gasteiger partial charge in [-0.15, -0.1) is 0 Å². The molecule has 0 aliphatic carbocycles. The number of anilines is 1. The Labute approximate surface area is 139 Å². The van der Waals surface area contributed by atoms with E-state index in [1.165, 1.54) is 12.1 Å². The molecule has 2 aromatic carbocycles. The molecule has 6 nitrogen and oxygen atoms in total. The van der Waals surface area contributed by atoms with Gasteiger partial charge in [-0.05, 0) is 35.4 Å². The number of nitriles is 1. The zero-order valence-electron chi connectivity index (χ0n) is 12.9. The second-order valence-corrected chi connectivity index (χ2v) is 5.01. The molecule has 1 amide bonds. The quantitative estimate of drug-likeness (QED) is 0.792. The lowest BCUT2D eigenvalue weighted by molar-refractivity contribution is -0.119. The number of ether oxygens (including phenoxy) is 1. The van der Waals surface area contributed by atoms with Gasteiger partial charge in [-0.1, -0.05) is 24.3 Å². The van der Waals surface area contributed by atoms with E-state index in [0.717, 1.165) is 5.56 Å². The molecule has 0 atom stereocenters. The van der Waals surface area contributed by atoms with Crippen molar-refractivity contribution in [1.82, 2.24) is 0 Å². The van der Waals surface area contributed by atoms with E-state index in [1.54, 1.807) is 36.4 Å². The summed E-state index contributed by atoms with van der Waals surface area (Å²) in [6, 6.07) is 15.2. The second-order valence-electron chi connectivity index (χ2n) is 5.01. The Balaban J connectivity index is 1.83. The van der Waals surface area contributed by atoms with E-state index in [0.29, 0.717) is 23.2 Å². The number of hydrogen-bond donors (Lipinski definition) is 2. The Morgan fingerprint density at radius 2 is 1.67 bits per heavy atom. The molecular formula is C18H16N2O4. The summed E-state index contributed by atoms with van der Waals surface area (Å²) < 4.78 is 4.94. The van der Waals surface area contributed by atoms with Gasteiger partial charge in [0.15, 0.2) is 6.61 Å². The zero-order valence-corrected chi connectivity index (χ0v) is 12.9. The summed E-state index contributed by atoms with van der Waals surface area (Å²) in [5.74, 6) is -1.07. The van der Waals surface area contributed by atoms with Crippen LogP contribution in [0, 0.1) is 11.3 Å². The van der Waals surface area contributed by atoms with Crippen LogP contribution in [-0.2, 0) is 22.6 Å². The van der Waals surface area contributed by atoms with Gasteiger partial charge in [-0.3, -0.25) is 4.79 Å². The number of rotatable bonds is 6. The van der Waals surface area contributed by atoms with E-state index in [4.69, 9.17) is 15.1 Å². The second kappa shape index (κ2) is 8.46. The molecule has 0 aliphatic heterocycles. The third kappa shape index (κ3) is 4.93. The molecule has 0 aromatic heterocycles. The lowest BCUT2D eigenvalue weighted by atomic mass is 10.1. The summed E-state index contributed by atoms with van der Waals surface area (Å²) in [5, 5.41) is 20.1. The fourth-order valence-electron chi connectivity index (χ4n) is 1.95. The van der Waals surface area contributed by atoms with Crippen LogP contribution in [-0.4, -0.2) is 23.6 Å². The molecule has 2 N–H and O–H groups in total. The summed E-state index contributed by atoms with van der Waals surface area (Å²) in [6.07, 6.45) is 0.306. The maximum atomic E-state index is 11.8. The molecule has 0 aliphatic rings. The van der Waals surface area contributed by atoms with Gasteiger partial charge in [0, 0.05) is 5.69 Å². The monoisotopic (exact) mass is 324 g/mol. The minimum Gasteiger partial charge on any atom is -0.452 e. The molecule has 2 aromatic rings. The van der Waals surface area contributed by atoms with Crippen molar-refractivity contribution in [2.75, 3.05) is 11.9 Å².